The molecule has 4 rings (SSSR count). The van der Waals surface area contributed by atoms with Crippen molar-refractivity contribution in [3.8, 4) is 11.5 Å². The van der Waals surface area contributed by atoms with E-state index in [1.54, 1.807) is 12.1 Å². The fourth-order valence-corrected chi connectivity index (χ4v) is 4.34. The first-order chi connectivity index (χ1) is 18.0. The highest BCUT2D eigenvalue weighted by atomic mass is 16.5. The first-order valence-corrected chi connectivity index (χ1v) is 12.8. The first kappa shape index (κ1) is 26.0. The molecule has 0 fully saturated rings. The van der Waals surface area contributed by atoms with Gasteiger partial charge >= 0.3 is 0 Å². The molecule has 0 unspecified atom stereocenters. The average Bonchev–Trinajstić information content (AvgIpc) is 2.92. The standard InChI is InChI=1S/C31H34N2O4/c1-24-30(36-22-26-12-6-3-7-13-26)28(34)16-20-32(24)18-10-5-11-19-33-21-17-29(35)31(25(33)2)37-23-27-14-8-4-9-15-27/h3-4,6-9,12-17,20-21H,5,10-11,18-19,22-23H2,1-2H3. The van der Waals surface area contributed by atoms with E-state index in [1.807, 2.05) is 86.9 Å². The van der Waals surface area contributed by atoms with E-state index in [0.29, 0.717) is 24.7 Å². The molecule has 0 aliphatic carbocycles. The lowest BCUT2D eigenvalue weighted by atomic mass is 10.2. The maximum absolute atomic E-state index is 12.4. The minimum absolute atomic E-state index is 0.0938. The molecule has 0 bridgehead atoms. The van der Waals surface area contributed by atoms with Gasteiger partial charge in [0.2, 0.25) is 10.9 Å². The van der Waals surface area contributed by atoms with Crippen LogP contribution < -0.4 is 20.3 Å². The Morgan fingerprint density at radius 1 is 0.568 bits per heavy atom. The van der Waals surface area contributed by atoms with Crippen molar-refractivity contribution in [2.75, 3.05) is 0 Å². The molecular formula is C31H34N2O4. The van der Waals surface area contributed by atoms with Gasteiger partial charge in [0.25, 0.3) is 0 Å². The Balaban J connectivity index is 1.29. The normalized spacial score (nSPS) is 10.9. The van der Waals surface area contributed by atoms with E-state index >= 15 is 0 Å². The molecule has 0 aliphatic heterocycles. The maximum Gasteiger partial charge on any atom is 0.223 e. The summed E-state index contributed by atoms with van der Waals surface area (Å²) in [4.78, 5) is 24.8. The van der Waals surface area contributed by atoms with Crippen molar-refractivity contribution in [2.45, 2.75) is 59.4 Å². The molecule has 4 aromatic rings. The lowest BCUT2D eigenvalue weighted by Gasteiger charge is -2.16. The average molecular weight is 499 g/mol. The number of benzene rings is 2. The van der Waals surface area contributed by atoms with Gasteiger partial charge in [-0.25, -0.2) is 0 Å². The highest BCUT2D eigenvalue weighted by Gasteiger charge is 2.11. The maximum atomic E-state index is 12.4. The van der Waals surface area contributed by atoms with Crippen molar-refractivity contribution in [1.29, 1.82) is 0 Å². The molecule has 0 saturated heterocycles. The quantitative estimate of drug-likeness (QED) is 0.237. The fraction of sp³-hybridized carbons (Fsp3) is 0.290. The molecule has 2 aromatic heterocycles. The van der Waals surface area contributed by atoms with Crippen LogP contribution in [0.1, 0.15) is 41.8 Å². The predicted octanol–water partition coefficient (Wildman–Crippen LogP) is 5.66. The number of unbranched alkanes of at least 4 members (excludes halogenated alkanes) is 2. The van der Waals surface area contributed by atoms with Crippen molar-refractivity contribution in [1.82, 2.24) is 9.13 Å². The van der Waals surface area contributed by atoms with Gasteiger partial charge in [-0.05, 0) is 44.2 Å². The van der Waals surface area contributed by atoms with E-state index in [4.69, 9.17) is 9.47 Å². The van der Waals surface area contributed by atoms with Crippen LogP contribution in [0.2, 0.25) is 0 Å². The minimum Gasteiger partial charge on any atom is -0.483 e. The summed E-state index contributed by atoms with van der Waals surface area (Å²) in [6, 6.07) is 22.9. The molecule has 37 heavy (non-hydrogen) atoms. The number of rotatable bonds is 12. The third-order valence-electron chi connectivity index (χ3n) is 6.53. The van der Waals surface area contributed by atoms with Crippen LogP contribution in [0.3, 0.4) is 0 Å². The van der Waals surface area contributed by atoms with Crippen molar-refractivity contribution in [3.63, 3.8) is 0 Å². The molecule has 6 heteroatoms. The Labute approximate surface area is 217 Å². The van der Waals surface area contributed by atoms with E-state index in [1.165, 1.54) is 0 Å². The summed E-state index contributed by atoms with van der Waals surface area (Å²) >= 11 is 0. The zero-order valence-corrected chi connectivity index (χ0v) is 21.6. The van der Waals surface area contributed by atoms with Crippen LogP contribution in [0.25, 0.3) is 0 Å². The highest BCUT2D eigenvalue weighted by Crippen LogP contribution is 2.17. The van der Waals surface area contributed by atoms with Gasteiger partial charge in [-0.3, -0.25) is 9.59 Å². The number of hydrogen-bond donors (Lipinski definition) is 0. The molecular weight excluding hydrogens is 464 g/mol. The van der Waals surface area contributed by atoms with E-state index in [-0.39, 0.29) is 10.9 Å². The van der Waals surface area contributed by atoms with Gasteiger partial charge in [-0.15, -0.1) is 0 Å². The zero-order chi connectivity index (χ0) is 26.0. The number of aryl methyl sites for hydroxylation is 2. The number of hydrogen-bond acceptors (Lipinski definition) is 4. The van der Waals surface area contributed by atoms with Gasteiger partial charge in [0.15, 0.2) is 11.5 Å². The topological polar surface area (TPSA) is 62.5 Å². The van der Waals surface area contributed by atoms with E-state index < -0.39 is 0 Å². The van der Waals surface area contributed by atoms with Gasteiger partial charge in [-0.2, -0.15) is 0 Å². The van der Waals surface area contributed by atoms with Gasteiger partial charge < -0.3 is 18.6 Å². The van der Waals surface area contributed by atoms with Crippen LogP contribution in [-0.2, 0) is 26.3 Å². The van der Waals surface area contributed by atoms with Crippen molar-refractivity contribution in [2.24, 2.45) is 0 Å². The molecule has 0 radical (unpaired) electrons. The number of pyridine rings is 2. The summed E-state index contributed by atoms with van der Waals surface area (Å²) in [6.07, 6.45) is 6.64. The van der Waals surface area contributed by atoms with Crippen LogP contribution in [0.5, 0.6) is 11.5 Å². The summed E-state index contributed by atoms with van der Waals surface area (Å²) in [6.45, 7) is 6.23. The molecule has 6 nitrogen and oxygen atoms in total. The summed E-state index contributed by atoms with van der Waals surface area (Å²) in [5.74, 6) is 0.830. The van der Waals surface area contributed by atoms with Crippen LogP contribution in [0.15, 0.2) is 94.8 Å². The molecule has 0 atom stereocenters. The van der Waals surface area contributed by atoms with Crippen LogP contribution in [0, 0.1) is 13.8 Å². The molecule has 0 spiro atoms. The number of nitrogens with zero attached hydrogens (tertiary/aromatic N) is 2. The molecule has 0 aliphatic rings. The van der Waals surface area contributed by atoms with E-state index in [9.17, 15) is 9.59 Å². The van der Waals surface area contributed by atoms with Gasteiger partial charge in [0.05, 0.1) is 11.4 Å². The largest absolute Gasteiger partial charge is 0.483 e. The summed E-state index contributed by atoms with van der Waals surface area (Å²) < 4.78 is 15.9. The van der Waals surface area contributed by atoms with Crippen LogP contribution in [-0.4, -0.2) is 9.13 Å². The fourth-order valence-electron chi connectivity index (χ4n) is 4.34. The van der Waals surface area contributed by atoms with Crippen molar-refractivity contribution < 1.29 is 9.47 Å². The SMILES string of the molecule is Cc1c(OCc2ccccc2)c(=O)ccn1CCCCCn1ccc(=O)c(OCc2ccccc2)c1C. The Morgan fingerprint density at radius 3 is 1.38 bits per heavy atom. The highest BCUT2D eigenvalue weighted by molar-refractivity contribution is 5.29. The van der Waals surface area contributed by atoms with E-state index in [0.717, 1.165) is 54.9 Å². The monoisotopic (exact) mass is 498 g/mol. The van der Waals surface area contributed by atoms with Crippen LogP contribution >= 0.6 is 0 Å². The van der Waals surface area contributed by atoms with Crippen LogP contribution in [0.4, 0.5) is 0 Å². The lowest BCUT2D eigenvalue weighted by molar-refractivity contribution is 0.296. The Bertz CT molecular complexity index is 1300. The zero-order valence-electron chi connectivity index (χ0n) is 21.6. The second kappa shape index (κ2) is 12.8. The summed E-state index contributed by atoms with van der Waals surface area (Å²) in [5, 5.41) is 0. The third kappa shape index (κ3) is 7.00. The third-order valence-corrected chi connectivity index (χ3v) is 6.53. The molecule has 2 heterocycles. The minimum atomic E-state index is -0.0938. The van der Waals surface area contributed by atoms with Gasteiger partial charge in [0, 0.05) is 37.6 Å². The van der Waals surface area contributed by atoms with Gasteiger partial charge in [-0.1, -0.05) is 60.7 Å². The summed E-state index contributed by atoms with van der Waals surface area (Å²) in [7, 11) is 0. The molecule has 0 amide bonds. The van der Waals surface area contributed by atoms with Crippen molar-refractivity contribution in [3.05, 3.63) is 128 Å². The second-order valence-electron chi connectivity index (χ2n) is 9.19. The first-order valence-electron chi connectivity index (χ1n) is 12.8. The summed E-state index contributed by atoms with van der Waals surface area (Å²) in [5.41, 5.74) is 3.57. The van der Waals surface area contributed by atoms with Gasteiger partial charge in [0.1, 0.15) is 13.2 Å². The predicted molar refractivity (Wildman–Crippen MR) is 146 cm³/mol. The smallest absolute Gasteiger partial charge is 0.223 e. The molecule has 0 saturated carbocycles. The Kier molecular flexibility index (Phi) is 8.98. The Hall–Kier alpha value is -4.06. The second-order valence-corrected chi connectivity index (χ2v) is 9.19. The number of aromatic nitrogens is 2. The van der Waals surface area contributed by atoms with Crippen molar-refractivity contribution >= 4 is 0 Å². The molecule has 2 aromatic carbocycles. The molecule has 192 valence electrons. The number of ether oxygens (including phenoxy) is 2. The van der Waals surface area contributed by atoms with E-state index in [2.05, 4.69) is 9.13 Å². The molecule has 0 N–H and O–H groups in total. The lowest BCUT2D eigenvalue weighted by Crippen LogP contribution is -2.15. The Morgan fingerprint density at radius 2 is 0.973 bits per heavy atom.